The summed E-state index contributed by atoms with van der Waals surface area (Å²) in [4.78, 5) is 0. The molecular weight excluding hydrogens is 238 g/mol. The van der Waals surface area contributed by atoms with E-state index < -0.39 is 0 Å². The van der Waals surface area contributed by atoms with Crippen molar-refractivity contribution >= 4 is 22.6 Å². The van der Waals surface area contributed by atoms with Crippen molar-refractivity contribution in [3.8, 4) is 0 Å². The van der Waals surface area contributed by atoms with Crippen LogP contribution in [0.5, 0.6) is 0 Å². The van der Waals surface area contributed by atoms with E-state index in [1.165, 1.54) is 0 Å². The molecule has 0 amide bonds. The van der Waals surface area contributed by atoms with Crippen molar-refractivity contribution in [2.75, 3.05) is 20.3 Å². The van der Waals surface area contributed by atoms with Crippen molar-refractivity contribution in [1.82, 2.24) is 5.32 Å². The maximum atomic E-state index is 6.08. The fraction of sp³-hybridized carbons (Fsp3) is 0.385. The third-order valence-corrected chi connectivity index (χ3v) is 2.94. The topological polar surface area (TPSA) is 34.4 Å². The summed E-state index contributed by atoms with van der Waals surface area (Å²) in [5.74, 6) is 0.858. The molecule has 0 aliphatic carbocycles. The van der Waals surface area contributed by atoms with Crippen molar-refractivity contribution in [3.05, 3.63) is 35.0 Å². The summed E-state index contributed by atoms with van der Waals surface area (Å²) < 4.78 is 11.0. The molecule has 0 aliphatic heterocycles. The van der Waals surface area contributed by atoms with Crippen LogP contribution in [-0.4, -0.2) is 20.3 Å². The van der Waals surface area contributed by atoms with E-state index in [9.17, 15) is 0 Å². The van der Waals surface area contributed by atoms with Gasteiger partial charge in [0.15, 0.2) is 5.58 Å². The summed E-state index contributed by atoms with van der Waals surface area (Å²) in [5, 5.41) is 4.98. The first-order chi connectivity index (χ1) is 8.26. The van der Waals surface area contributed by atoms with Gasteiger partial charge in [-0.05, 0) is 18.7 Å². The molecule has 1 aromatic heterocycles. The van der Waals surface area contributed by atoms with E-state index in [1.807, 2.05) is 24.3 Å². The Morgan fingerprint density at radius 2 is 2.29 bits per heavy atom. The summed E-state index contributed by atoms with van der Waals surface area (Å²) >= 11 is 6.08. The van der Waals surface area contributed by atoms with E-state index in [4.69, 9.17) is 20.8 Å². The Bertz CT molecular complexity index is 489. The van der Waals surface area contributed by atoms with Crippen molar-refractivity contribution in [2.45, 2.75) is 13.0 Å². The Morgan fingerprint density at radius 1 is 1.47 bits per heavy atom. The molecule has 2 aromatic rings. The smallest absolute Gasteiger partial charge is 0.152 e. The lowest BCUT2D eigenvalue weighted by atomic mass is 10.2. The normalized spacial score (nSPS) is 13.1. The average Bonchev–Trinajstić information content (AvgIpc) is 2.74. The van der Waals surface area contributed by atoms with Crippen LogP contribution in [-0.2, 0) is 4.74 Å². The molecule has 1 aromatic carbocycles. The highest BCUT2D eigenvalue weighted by molar-refractivity contribution is 6.34. The van der Waals surface area contributed by atoms with E-state index in [0.29, 0.717) is 11.6 Å². The second-order valence-electron chi connectivity index (χ2n) is 3.87. The molecule has 0 spiro atoms. The lowest BCUT2D eigenvalue weighted by Crippen LogP contribution is -2.24. The fourth-order valence-corrected chi connectivity index (χ4v) is 2.09. The third kappa shape index (κ3) is 2.63. The maximum Gasteiger partial charge on any atom is 0.152 e. The minimum absolute atomic E-state index is 0.0634. The molecule has 1 unspecified atom stereocenters. The monoisotopic (exact) mass is 253 g/mol. The predicted molar refractivity (Wildman–Crippen MR) is 69.5 cm³/mol. The first-order valence-electron chi connectivity index (χ1n) is 5.66. The van der Waals surface area contributed by atoms with Crippen LogP contribution in [0.15, 0.2) is 28.7 Å². The quantitative estimate of drug-likeness (QED) is 0.887. The van der Waals surface area contributed by atoms with Crippen LogP contribution in [0, 0.1) is 0 Å². The summed E-state index contributed by atoms with van der Waals surface area (Å²) in [7, 11) is 1.68. The number of hydrogen-bond acceptors (Lipinski definition) is 3. The van der Waals surface area contributed by atoms with Gasteiger partial charge in [-0.1, -0.05) is 30.7 Å². The van der Waals surface area contributed by atoms with Crippen LogP contribution < -0.4 is 5.32 Å². The zero-order valence-electron chi connectivity index (χ0n) is 10.00. The fourth-order valence-electron chi connectivity index (χ4n) is 1.87. The molecule has 4 heteroatoms. The van der Waals surface area contributed by atoms with Crippen LogP contribution >= 0.6 is 11.6 Å². The molecule has 1 N–H and O–H groups in total. The van der Waals surface area contributed by atoms with Crippen LogP contribution in [0.4, 0.5) is 0 Å². The maximum absolute atomic E-state index is 6.08. The van der Waals surface area contributed by atoms with Crippen molar-refractivity contribution in [2.24, 2.45) is 0 Å². The Balaban J connectivity index is 2.36. The molecule has 0 aliphatic rings. The summed E-state index contributed by atoms with van der Waals surface area (Å²) in [6, 6.07) is 7.81. The molecule has 1 heterocycles. The molecular formula is C13H16ClNO2. The van der Waals surface area contributed by atoms with Gasteiger partial charge in [-0.2, -0.15) is 0 Å². The van der Waals surface area contributed by atoms with Crippen LogP contribution in [0.2, 0.25) is 5.02 Å². The van der Waals surface area contributed by atoms with E-state index in [0.717, 1.165) is 23.3 Å². The standard InChI is InChI=1S/C13H16ClNO2/c1-3-15-11(8-16-2)12-7-9-5-4-6-10(14)13(9)17-12/h4-7,11,15H,3,8H2,1-2H3. The van der Waals surface area contributed by atoms with Crippen LogP contribution in [0.3, 0.4) is 0 Å². The van der Waals surface area contributed by atoms with E-state index in [1.54, 1.807) is 7.11 Å². The van der Waals surface area contributed by atoms with Crippen LogP contribution in [0.1, 0.15) is 18.7 Å². The number of nitrogens with one attached hydrogen (secondary N) is 1. The van der Waals surface area contributed by atoms with Gasteiger partial charge in [0.25, 0.3) is 0 Å². The number of furan rings is 1. The number of rotatable bonds is 5. The van der Waals surface area contributed by atoms with Crippen molar-refractivity contribution < 1.29 is 9.15 Å². The zero-order valence-corrected chi connectivity index (χ0v) is 10.8. The lowest BCUT2D eigenvalue weighted by molar-refractivity contribution is 0.159. The Morgan fingerprint density at radius 3 is 2.94 bits per heavy atom. The summed E-state index contributed by atoms with van der Waals surface area (Å²) in [5.41, 5.74) is 0.739. The van der Waals surface area contributed by atoms with Gasteiger partial charge in [-0.3, -0.25) is 0 Å². The largest absolute Gasteiger partial charge is 0.458 e. The van der Waals surface area contributed by atoms with E-state index in [-0.39, 0.29) is 6.04 Å². The first kappa shape index (κ1) is 12.4. The number of para-hydroxylation sites is 1. The Kier molecular flexibility index (Phi) is 4.05. The second kappa shape index (κ2) is 5.54. The molecule has 1 atom stereocenters. The molecule has 3 nitrogen and oxygen atoms in total. The zero-order chi connectivity index (χ0) is 12.3. The lowest BCUT2D eigenvalue weighted by Gasteiger charge is -2.13. The second-order valence-corrected chi connectivity index (χ2v) is 4.28. The van der Waals surface area contributed by atoms with Crippen LogP contribution in [0.25, 0.3) is 11.0 Å². The van der Waals surface area contributed by atoms with Gasteiger partial charge in [-0.25, -0.2) is 0 Å². The van der Waals surface area contributed by atoms with Gasteiger partial charge < -0.3 is 14.5 Å². The Hall–Kier alpha value is -1.03. The van der Waals surface area contributed by atoms with Gasteiger partial charge in [0.2, 0.25) is 0 Å². The predicted octanol–water partition coefficient (Wildman–Crippen LogP) is 3.38. The summed E-state index contributed by atoms with van der Waals surface area (Å²) in [6.07, 6.45) is 0. The highest BCUT2D eigenvalue weighted by Gasteiger charge is 2.16. The van der Waals surface area contributed by atoms with Crippen molar-refractivity contribution in [1.29, 1.82) is 0 Å². The van der Waals surface area contributed by atoms with Crippen molar-refractivity contribution in [3.63, 3.8) is 0 Å². The highest BCUT2D eigenvalue weighted by atomic mass is 35.5. The number of benzene rings is 1. The number of likely N-dealkylation sites (N-methyl/N-ethyl adjacent to an activating group) is 1. The minimum Gasteiger partial charge on any atom is -0.458 e. The number of fused-ring (bicyclic) bond motifs is 1. The molecule has 92 valence electrons. The number of hydrogen-bond donors (Lipinski definition) is 1. The molecule has 0 fully saturated rings. The molecule has 0 saturated carbocycles. The average molecular weight is 254 g/mol. The minimum atomic E-state index is 0.0634. The van der Waals surface area contributed by atoms with Gasteiger partial charge in [0.05, 0.1) is 17.7 Å². The molecule has 0 bridgehead atoms. The van der Waals surface area contributed by atoms with Gasteiger partial charge in [0, 0.05) is 12.5 Å². The Labute approximate surface area is 106 Å². The molecule has 2 rings (SSSR count). The van der Waals surface area contributed by atoms with E-state index in [2.05, 4.69) is 12.2 Å². The molecule has 0 radical (unpaired) electrons. The number of methoxy groups -OCH3 is 1. The first-order valence-corrected chi connectivity index (χ1v) is 6.04. The van der Waals surface area contributed by atoms with Gasteiger partial charge >= 0.3 is 0 Å². The summed E-state index contributed by atoms with van der Waals surface area (Å²) in [6.45, 7) is 3.49. The van der Waals surface area contributed by atoms with Gasteiger partial charge in [0.1, 0.15) is 5.76 Å². The number of ether oxygens (including phenoxy) is 1. The molecule has 0 saturated heterocycles. The molecule has 17 heavy (non-hydrogen) atoms. The highest BCUT2D eigenvalue weighted by Crippen LogP contribution is 2.29. The van der Waals surface area contributed by atoms with Gasteiger partial charge in [-0.15, -0.1) is 0 Å². The third-order valence-electron chi connectivity index (χ3n) is 2.64. The number of halogens is 1. The SMILES string of the molecule is CCNC(COC)c1cc2cccc(Cl)c2o1. The van der Waals surface area contributed by atoms with E-state index >= 15 is 0 Å².